The fourth-order valence-corrected chi connectivity index (χ4v) is 4.74. The van der Waals surface area contributed by atoms with E-state index in [0.717, 1.165) is 32.1 Å². The van der Waals surface area contributed by atoms with Crippen molar-refractivity contribution in [2.75, 3.05) is 26.2 Å². The van der Waals surface area contributed by atoms with Gasteiger partial charge >= 0.3 is 0 Å². The van der Waals surface area contributed by atoms with Crippen molar-refractivity contribution in [3.8, 4) is 0 Å². The summed E-state index contributed by atoms with van der Waals surface area (Å²) in [7, 11) is 0. The minimum Gasteiger partial charge on any atom is -0.337 e. The van der Waals surface area contributed by atoms with Gasteiger partial charge in [-0.25, -0.2) is 0 Å². The third-order valence-electron chi connectivity index (χ3n) is 5.65. The van der Waals surface area contributed by atoms with Gasteiger partial charge in [0.15, 0.2) is 0 Å². The van der Waals surface area contributed by atoms with Crippen LogP contribution < -0.4 is 0 Å². The average molecular weight is 619 g/mol. The van der Waals surface area contributed by atoms with Crippen LogP contribution in [0.1, 0.15) is 22.7 Å². The first-order valence-corrected chi connectivity index (χ1v) is 12.8. The SMILES string of the molecule is O=C(C=Cc1ccc(Br)cc1)N1CCN(C(c2ccc(Br)cc2)c2ccc(Br)cc2)CC1. The lowest BCUT2D eigenvalue weighted by atomic mass is 9.96. The lowest BCUT2D eigenvalue weighted by molar-refractivity contribution is -0.127. The number of carbonyl (C=O) groups excluding carboxylic acids is 1. The topological polar surface area (TPSA) is 23.6 Å². The first-order chi connectivity index (χ1) is 15.5. The van der Waals surface area contributed by atoms with Gasteiger partial charge in [-0.2, -0.15) is 0 Å². The van der Waals surface area contributed by atoms with Gasteiger partial charge in [0, 0.05) is 45.7 Å². The number of halogens is 3. The number of hydrogen-bond acceptors (Lipinski definition) is 2. The third kappa shape index (κ3) is 5.98. The number of rotatable bonds is 5. The van der Waals surface area contributed by atoms with Gasteiger partial charge in [0.1, 0.15) is 0 Å². The molecule has 0 unspecified atom stereocenters. The molecule has 1 saturated heterocycles. The highest BCUT2D eigenvalue weighted by molar-refractivity contribution is 9.11. The predicted octanol–water partition coefficient (Wildman–Crippen LogP) is 6.92. The monoisotopic (exact) mass is 616 g/mol. The molecule has 0 saturated carbocycles. The van der Waals surface area contributed by atoms with Crippen LogP contribution in [0.25, 0.3) is 6.08 Å². The molecule has 3 aromatic rings. The van der Waals surface area contributed by atoms with Crippen LogP contribution in [-0.4, -0.2) is 41.9 Å². The zero-order valence-electron chi connectivity index (χ0n) is 17.4. The van der Waals surface area contributed by atoms with Gasteiger partial charge in [-0.15, -0.1) is 0 Å². The Morgan fingerprint density at radius 2 is 1.12 bits per heavy atom. The fraction of sp³-hybridized carbons (Fsp3) is 0.192. The minimum absolute atomic E-state index is 0.0661. The quantitative estimate of drug-likeness (QED) is 0.290. The number of amides is 1. The molecule has 0 aromatic heterocycles. The molecule has 32 heavy (non-hydrogen) atoms. The fourth-order valence-electron chi connectivity index (χ4n) is 3.95. The van der Waals surface area contributed by atoms with Gasteiger partial charge in [-0.3, -0.25) is 9.69 Å². The molecule has 0 bridgehead atoms. The van der Waals surface area contributed by atoms with Crippen LogP contribution in [0.15, 0.2) is 92.3 Å². The number of benzene rings is 3. The molecule has 0 radical (unpaired) electrons. The van der Waals surface area contributed by atoms with Crippen LogP contribution in [0, 0.1) is 0 Å². The lowest BCUT2D eigenvalue weighted by Crippen LogP contribution is -2.49. The Balaban J connectivity index is 1.46. The van der Waals surface area contributed by atoms with Crippen molar-refractivity contribution in [1.29, 1.82) is 0 Å². The number of piperazine rings is 1. The second kappa shape index (κ2) is 10.9. The van der Waals surface area contributed by atoms with Gasteiger partial charge in [-0.1, -0.05) is 84.2 Å². The van der Waals surface area contributed by atoms with E-state index in [2.05, 4.69) is 101 Å². The van der Waals surface area contributed by atoms with Gasteiger partial charge in [0.25, 0.3) is 0 Å². The lowest BCUT2D eigenvalue weighted by Gasteiger charge is -2.39. The van der Waals surface area contributed by atoms with Crippen molar-refractivity contribution < 1.29 is 4.79 Å². The molecule has 164 valence electrons. The van der Waals surface area contributed by atoms with E-state index in [1.807, 2.05) is 35.2 Å². The van der Waals surface area contributed by atoms with Crippen molar-refractivity contribution in [3.63, 3.8) is 0 Å². The molecular weight excluding hydrogens is 596 g/mol. The van der Waals surface area contributed by atoms with Crippen molar-refractivity contribution in [2.24, 2.45) is 0 Å². The molecule has 1 fully saturated rings. The van der Waals surface area contributed by atoms with Crippen molar-refractivity contribution >= 4 is 59.8 Å². The maximum Gasteiger partial charge on any atom is 0.246 e. The van der Waals surface area contributed by atoms with E-state index in [9.17, 15) is 4.79 Å². The summed E-state index contributed by atoms with van der Waals surface area (Å²) < 4.78 is 3.18. The first kappa shape index (κ1) is 23.4. The molecule has 1 aliphatic rings. The summed E-state index contributed by atoms with van der Waals surface area (Å²) in [6.07, 6.45) is 3.56. The van der Waals surface area contributed by atoms with Gasteiger partial charge in [0.2, 0.25) is 5.91 Å². The Morgan fingerprint density at radius 1 is 0.688 bits per heavy atom. The second-order valence-electron chi connectivity index (χ2n) is 7.75. The molecule has 0 N–H and O–H groups in total. The molecule has 6 heteroatoms. The molecule has 3 nitrogen and oxygen atoms in total. The summed E-state index contributed by atoms with van der Waals surface area (Å²) in [5.74, 6) is 0.0661. The van der Waals surface area contributed by atoms with Crippen LogP contribution in [0.2, 0.25) is 0 Å². The van der Waals surface area contributed by atoms with E-state index >= 15 is 0 Å². The van der Waals surface area contributed by atoms with Crippen molar-refractivity contribution in [1.82, 2.24) is 9.80 Å². The zero-order valence-corrected chi connectivity index (χ0v) is 22.2. The van der Waals surface area contributed by atoms with E-state index in [-0.39, 0.29) is 11.9 Å². The van der Waals surface area contributed by atoms with Crippen LogP contribution >= 0.6 is 47.8 Å². The Labute approximate surface area is 214 Å². The van der Waals surface area contributed by atoms with E-state index in [1.165, 1.54) is 11.1 Å². The van der Waals surface area contributed by atoms with Crippen molar-refractivity contribution in [3.05, 3.63) is 109 Å². The zero-order chi connectivity index (χ0) is 22.5. The predicted molar refractivity (Wildman–Crippen MR) is 141 cm³/mol. The molecule has 1 heterocycles. The van der Waals surface area contributed by atoms with E-state index in [1.54, 1.807) is 6.08 Å². The minimum atomic E-state index is 0.0661. The van der Waals surface area contributed by atoms with Gasteiger partial charge < -0.3 is 4.90 Å². The highest BCUT2D eigenvalue weighted by Crippen LogP contribution is 2.31. The van der Waals surface area contributed by atoms with E-state index in [4.69, 9.17) is 0 Å². The number of hydrogen-bond donors (Lipinski definition) is 0. The summed E-state index contributed by atoms with van der Waals surface area (Å²) in [5.41, 5.74) is 3.53. The standard InChI is InChI=1S/C26H23Br3N2O/c27-22-8-1-19(2-9-22)3-14-25(32)30-15-17-31(18-16-30)26(20-4-10-23(28)11-5-20)21-6-12-24(29)13-7-21/h1-14,26H,15-18H2. The summed E-state index contributed by atoms with van der Waals surface area (Å²) in [6, 6.07) is 25.2. The summed E-state index contributed by atoms with van der Waals surface area (Å²) in [4.78, 5) is 17.1. The maximum atomic E-state index is 12.7. The normalized spacial score (nSPS) is 14.9. The molecular formula is C26H23Br3N2O. The molecule has 3 aromatic carbocycles. The van der Waals surface area contributed by atoms with Crippen LogP contribution in [-0.2, 0) is 4.79 Å². The van der Waals surface area contributed by atoms with Crippen LogP contribution in [0.3, 0.4) is 0 Å². The largest absolute Gasteiger partial charge is 0.337 e. The van der Waals surface area contributed by atoms with Crippen LogP contribution in [0.5, 0.6) is 0 Å². The highest BCUT2D eigenvalue weighted by Gasteiger charge is 2.27. The number of carbonyl (C=O) groups is 1. The average Bonchev–Trinajstić information content (AvgIpc) is 2.81. The summed E-state index contributed by atoms with van der Waals surface area (Å²) >= 11 is 10.5. The molecule has 0 aliphatic carbocycles. The van der Waals surface area contributed by atoms with Crippen LogP contribution in [0.4, 0.5) is 0 Å². The van der Waals surface area contributed by atoms with Crippen molar-refractivity contribution in [2.45, 2.75) is 6.04 Å². The Morgan fingerprint density at radius 3 is 1.59 bits per heavy atom. The van der Waals surface area contributed by atoms with E-state index < -0.39 is 0 Å². The Kier molecular flexibility index (Phi) is 8.00. The molecule has 1 amide bonds. The Bertz CT molecular complexity index is 1030. The van der Waals surface area contributed by atoms with E-state index in [0.29, 0.717) is 13.1 Å². The highest BCUT2D eigenvalue weighted by atomic mass is 79.9. The summed E-state index contributed by atoms with van der Waals surface area (Å²) in [5, 5.41) is 0. The summed E-state index contributed by atoms with van der Waals surface area (Å²) in [6.45, 7) is 3.09. The molecule has 1 aliphatic heterocycles. The number of nitrogens with zero attached hydrogens (tertiary/aromatic N) is 2. The molecule has 0 atom stereocenters. The Hall–Kier alpha value is -1.73. The molecule has 4 rings (SSSR count). The smallest absolute Gasteiger partial charge is 0.246 e. The van der Waals surface area contributed by atoms with Gasteiger partial charge in [-0.05, 0) is 59.2 Å². The first-order valence-electron chi connectivity index (χ1n) is 10.5. The maximum absolute atomic E-state index is 12.7. The third-order valence-corrected chi connectivity index (χ3v) is 7.24. The van der Waals surface area contributed by atoms with Gasteiger partial charge in [0.05, 0.1) is 6.04 Å². The molecule has 0 spiro atoms. The second-order valence-corrected chi connectivity index (χ2v) is 10.5.